The normalized spacial score (nSPS) is 16.9. The van der Waals surface area contributed by atoms with Gasteiger partial charge in [0.2, 0.25) is 0 Å². The zero-order valence-corrected chi connectivity index (χ0v) is 17.8. The number of methoxy groups -OCH3 is 1. The Labute approximate surface area is 177 Å². The minimum Gasteiger partial charge on any atom is -0.497 e. The second-order valence-electron chi connectivity index (χ2n) is 8.37. The molecule has 5 rings (SSSR count). The molecular weight excluding hydrogens is 374 g/mol. The van der Waals surface area contributed by atoms with Crippen LogP contribution in [0.4, 0.5) is 5.69 Å². The van der Waals surface area contributed by atoms with E-state index in [9.17, 15) is 4.79 Å². The monoisotopic (exact) mass is 401 g/mol. The van der Waals surface area contributed by atoms with E-state index in [4.69, 9.17) is 4.74 Å². The van der Waals surface area contributed by atoms with Gasteiger partial charge in [0.1, 0.15) is 5.75 Å². The molecule has 1 aromatic heterocycles. The average Bonchev–Trinajstić information content (AvgIpc) is 3.28. The topological polar surface area (TPSA) is 37.7 Å². The molecule has 1 saturated heterocycles. The lowest BCUT2D eigenvalue weighted by atomic mass is 9.80. The van der Waals surface area contributed by atoms with E-state index >= 15 is 0 Å². The molecule has 1 fully saturated rings. The number of hydrogen-bond donors (Lipinski definition) is 0. The fourth-order valence-electron chi connectivity index (χ4n) is 5.03. The summed E-state index contributed by atoms with van der Waals surface area (Å²) in [6, 6.07) is 18.5. The molecular formula is C25H27N3O2. The molecule has 5 nitrogen and oxygen atoms in total. The maximum atomic E-state index is 13.0. The van der Waals surface area contributed by atoms with Crippen molar-refractivity contribution in [1.82, 2.24) is 9.47 Å². The molecule has 2 aliphatic heterocycles. The number of aryl methyl sites for hydroxylation is 1. The fraction of sp³-hybridized carbons (Fsp3) is 0.320. The summed E-state index contributed by atoms with van der Waals surface area (Å²) < 4.78 is 7.79. The number of rotatable bonds is 2. The van der Waals surface area contributed by atoms with E-state index in [2.05, 4.69) is 47.0 Å². The van der Waals surface area contributed by atoms with Gasteiger partial charge < -0.3 is 19.1 Å². The predicted octanol–water partition coefficient (Wildman–Crippen LogP) is 4.38. The van der Waals surface area contributed by atoms with Crippen molar-refractivity contribution in [2.75, 3.05) is 32.1 Å². The molecule has 30 heavy (non-hydrogen) atoms. The lowest BCUT2D eigenvalue weighted by Crippen LogP contribution is -2.55. The molecule has 0 saturated carbocycles. The van der Waals surface area contributed by atoms with Gasteiger partial charge in [0.15, 0.2) is 0 Å². The standard InChI is InChI=1S/C25H27N3O2/c1-18-6-8-19(9-7-18)24(29)27-15-12-25(13-16-27)23-5-4-14-28(23)21-11-10-20(30-3)17-22(21)26(25)2/h4-11,14,17H,12-13,15-16H2,1-3H3. The van der Waals surface area contributed by atoms with Crippen LogP contribution in [-0.4, -0.2) is 42.6 Å². The van der Waals surface area contributed by atoms with Gasteiger partial charge in [0.05, 0.1) is 24.0 Å². The van der Waals surface area contributed by atoms with Gasteiger partial charge in [0, 0.05) is 43.7 Å². The molecule has 3 heterocycles. The Morgan fingerprint density at radius 3 is 2.43 bits per heavy atom. The molecule has 5 heteroatoms. The number of anilines is 1. The Kier molecular flexibility index (Phi) is 4.35. The Morgan fingerprint density at radius 1 is 1.00 bits per heavy atom. The van der Waals surface area contributed by atoms with E-state index in [0.29, 0.717) is 0 Å². The molecule has 2 aliphatic rings. The minimum atomic E-state index is -0.132. The van der Waals surface area contributed by atoms with Crippen molar-refractivity contribution in [3.63, 3.8) is 0 Å². The van der Waals surface area contributed by atoms with Crippen LogP contribution in [0.15, 0.2) is 60.8 Å². The summed E-state index contributed by atoms with van der Waals surface area (Å²) in [5.41, 5.74) is 5.44. The van der Waals surface area contributed by atoms with E-state index in [1.54, 1.807) is 7.11 Å². The smallest absolute Gasteiger partial charge is 0.253 e. The SMILES string of the molecule is COc1ccc2c(c1)N(C)C1(CCN(C(=O)c3ccc(C)cc3)CC1)c1cccn1-2. The molecule has 2 aromatic carbocycles. The van der Waals surface area contributed by atoms with Crippen LogP contribution in [0.25, 0.3) is 5.69 Å². The van der Waals surface area contributed by atoms with Crippen molar-refractivity contribution >= 4 is 11.6 Å². The number of benzene rings is 2. The van der Waals surface area contributed by atoms with Crippen LogP contribution >= 0.6 is 0 Å². The number of hydrogen-bond acceptors (Lipinski definition) is 3. The van der Waals surface area contributed by atoms with Gasteiger partial charge in [-0.2, -0.15) is 0 Å². The third-order valence-electron chi connectivity index (χ3n) is 6.85. The quantitative estimate of drug-likeness (QED) is 0.640. The summed E-state index contributed by atoms with van der Waals surface area (Å²) in [5, 5.41) is 0. The van der Waals surface area contributed by atoms with E-state index < -0.39 is 0 Å². The summed E-state index contributed by atoms with van der Waals surface area (Å²) >= 11 is 0. The van der Waals surface area contributed by atoms with Gasteiger partial charge in [0.25, 0.3) is 5.91 Å². The van der Waals surface area contributed by atoms with E-state index in [1.165, 1.54) is 16.9 Å². The Bertz CT molecular complexity index is 1090. The first-order valence-corrected chi connectivity index (χ1v) is 10.5. The van der Waals surface area contributed by atoms with Gasteiger partial charge in [-0.25, -0.2) is 0 Å². The summed E-state index contributed by atoms with van der Waals surface area (Å²) in [7, 11) is 3.88. The molecule has 154 valence electrons. The van der Waals surface area contributed by atoms with Crippen molar-refractivity contribution in [3.8, 4) is 11.4 Å². The number of fused-ring (bicyclic) bond motifs is 4. The van der Waals surface area contributed by atoms with Crippen molar-refractivity contribution in [2.45, 2.75) is 25.3 Å². The summed E-state index contributed by atoms with van der Waals surface area (Å²) in [6.07, 6.45) is 3.92. The number of carbonyl (C=O) groups is 1. The van der Waals surface area contributed by atoms with Crippen LogP contribution in [0.1, 0.15) is 34.5 Å². The third-order valence-corrected chi connectivity index (χ3v) is 6.85. The van der Waals surface area contributed by atoms with E-state index in [-0.39, 0.29) is 11.4 Å². The number of aromatic nitrogens is 1. The van der Waals surface area contributed by atoms with Crippen molar-refractivity contribution in [2.24, 2.45) is 0 Å². The molecule has 0 N–H and O–H groups in total. The van der Waals surface area contributed by atoms with Crippen molar-refractivity contribution in [3.05, 3.63) is 77.6 Å². The van der Waals surface area contributed by atoms with Gasteiger partial charge in [-0.1, -0.05) is 17.7 Å². The van der Waals surface area contributed by atoms with Crippen LogP contribution < -0.4 is 9.64 Å². The first kappa shape index (κ1) is 18.8. The molecule has 0 bridgehead atoms. The summed E-state index contributed by atoms with van der Waals surface area (Å²) in [6.45, 7) is 3.52. The molecule has 0 aliphatic carbocycles. The number of ether oxygens (including phenoxy) is 1. The summed E-state index contributed by atoms with van der Waals surface area (Å²) in [5.74, 6) is 0.985. The first-order valence-electron chi connectivity index (χ1n) is 10.5. The highest BCUT2D eigenvalue weighted by molar-refractivity contribution is 5.94. The predicted molar refractivity (Wildman–Crippen MR) is 119 cm³/mol. The van der Waals surface area contributed by atoms with Crippen molar-refractivity contribution in [1.29, 1.82) is 0 Å². The number of piperidine rings is 1. The molecule has 0 atom stereocenters. The first-order chi connectivity index (χ1) is 14.5. The third kappa shape index (κ3) is 2.72. The second-order valence-corrected chi connectivity index (χ2v) is 8.37. The number of likely N-dealkylation sites (tertiary alicyclic amines) is 1. The highest BCUT2D eigenvalue weighted by atomic mass is 16.5. The fourth-order valence-corrected chi connectivity index (χ4v) is 5.03. The Morgan fingerprint density at radius 2 is 1.73 bits per heavy atom. The van der Waals surface area contributed by atoms with Crippen molar-refractivity contribution < 1.29 is 9.53 Å². The van der Waals surface area contributed by atoms with Gasteiger partial charge in [-0.3, -0.25) is 4.79 Å². The molecule has 0 radical (unpaired) electrons. The maximum Gasteiger partial charge on any atom is 0.253 e. The maximum absolute atomic E-state index is 13.0. The average molecular weight is 402 g/mol. The van der Waals surface area contributed by atoms with Crippen LogP contribution in [0.3, 0.4) is 0 Å². The number of nitrogens with zero attached hydrogens (tertiary/aromatic N) is 3. The number of amides is 1. The van der Waals surface area contributed by atoms with Gasteiger partial charge in [-0.15, -0.1) is 0 Å². The van der Waals surface area contributed by atoms with Crippen LogP contribution in [0, 0.1) is 6.92 Å². The Balaban J connectivity index is 1.46. The Hall–Kier alpha value is -3.21. The number of carbonyl (C=O) groups excluding carboxylic acids is 1. The lowest BCUT2D eigenvalue weighted by molar-refractivity contribution is 0.0659. The highest BCUT2D eigenvalue weighted by Gasteiger charge is 2.46. The van der Waals surface area contributed by atoms with E-state index in [0.717, 1.165) is 42.9 Å². The minimum absolute atomic E-state index is 0.126. The summed E-state index contributed by atoms with van der Waals surface area (Å²) in [4.78, 5) is 17.4. The largest absolute Gasteiger partial charge is 0.497 e. The van der Waals surface area contributed by atoms with Crippen LogP contribution in [0.2, 0.25) is 0 Å². The van der Waals surface area contributed by atoms with Crippen LogP contribution in [-0.2, 0) is 5.54 Å². The van der Waals surface area contributed by atoms with Gasteiger partial charge in [-0.05, 0) is 56.2 Å². The zero-order valence-electron chi connectivity index (χ0n) is 17.8. The highest BCUT2D eigenvalue weighted by Crippen LogP contribution is 2.48. The van der Waals surface area contributed by atoms with Gasteiger partial charge >= 0.3 is 0 Å². The van der Waals surface area contributed by atoms with E-state index in [1.807, 2.05) is 42.2 Å². The second kappa shape index (κ2) is 6.94. The molecule has 3 aromatic rings. The lowest BCUT2D eigenvalue weighted by Gasteiger charge is -2.51. The molecule has 1 amide bonds. The molecule has 0 unspecified atom stereocenters. The van der Waals surface area contributed by atoms with Crippen LogP contribution in [0.5, 0.6) is 5.75 Å². The zero-order chi connectivity index (χ0) is 20.9. The molecule has 1 spiro atoms.